The van der Waals surface area contributed by atoms with Gasteiger partial charge in [-0.05, 0) is 33.4 Å². The van der Waals surface area contributed by atoms with Crippen molar-refractivity contribution in [2.45, 2.75) is 25.9 Å². The van der Waals surface area contributed by atoms with Crippen LogP contribution in [-0.2, 0) is 9.84 Å². The minimum absolute atomic E-state index is 0.242. The number of nitrogens with zero attached hydrogens (tertiary/aromatic N) is 1. The highest BCUT2D eigenvalue weighted by molar-refractivity contribution is 7.90. The van der Waals surface area contributed by atoms with Gasteiger partial charge in [-0.15, -0.1) is 0 Å². The standard InChI is InChI=1S/C9H21NO3S/c1-9(11)5-7-10(2)6-4-8-14(3,12)13/h9,11H,4-8H2,1-3H3. The molecule has 1 unspecified atom stereocenters. The number of aliphatic hydroxyl groups is 1. The molecule has 0 radical (unpaired) electrons. The van der Waals surface area contributed by atoms with Gasteiger partial charge in [0, 0.05) is 12.8 Å². The lowest BCUT2D eigenvalue weighted by molar-refractivity contribution is 0.164. The van der Waals surface area contributed by atoms with Crippen molar-refractivity contribution >= 4 is 9.84 Å². The Morgan fingerprint density at radius 2 is 1.93 bits per heavy atom. The number of sulfone groups is 1. The molecule has 1 atom stereocenters. The van der Waals surface area contributed by atoms with Crippen LogP contribution in [0.5, 0.6) is 0 Å². The molecule has 0 saturated heterocycles. The van der Waals surface area contributed by atoms with Gasteiger partial charge in [-0.2, -0.15) is 0 Å². The molecular weight excluding hydrogens is 202 g/mol. The van der Waals surface area contributed by atoms with Crippen LogP contribution in [-0.4, -0.2) is 56.7 Å². The van der Waals surface area contributed by atoms with E-state index in [-0.39, 0.29) is 11.9 Å². The molecule has 0 fully saturated rings. The fourth-order valence-corrected chi connectivity index (χ4v) is 1.77. The predicted molar refractivity (Wildman–Crippen MR) is 58.1 cm³/mol. The van der Waals surface area contributed by atoms with E-state index in [9.17, 15) is 8.42 Å². The fraction of sp³-hybridized carbons (Fsp3) is 1.00. The van der Waals surface area contributed by atoms with Crippen LogP contribution < -0.4 is 0 Å². The molecule has 0 aliphatic heterocycles. The lowest BCUT2D eigenvalue weighted by atomic mass is 10.3. The maximum atomic E-state index is 10.8. The molecule has 4 nitrogen and oxygen atoms in total. The van der Waals surface area contributed by atoms with E-state index in [1.54, 1.807) is 6.92 Å². The molecule has 0 aromatic rings. The molecular formula is C9H21NO3S. The van der Waals surface area contributed by atoms with E-state index in [0.29, 0.717) is 6.42 Å². The molecule has 0 heterocycles. The van der Waals surface area contributed by atoms with Crippen LogP contribution in [0.4, 0.5) is 0 Å². The zero-order valence-corrected chi connectivity index (χ0v) is 10.0. The minimum atomic E-state index is -2.83. The third-order valence-electron chi connectivity index (χ3n) is 1.98. The molecule has 0 rings (SSSR count). The normalized spacial score (nSPS) is 14.6. The molecule has 0 aliphatic carbocycles. The Kier molecular flexibility index (Phi) is 6.31. The average Bonchev–Trinajstić information content (AvgIpc) is 1.98. The largest absolute Gasteiger partial charge is 0.393 e. The van der Waals surface area contributed by atoms with E-state index in [2.05, 4.69) is 0 Å². The van der Waals surface area contributed by atoms with Crippen molar-refractivity contribution in [2.75, 3.05) is 32.1 Å². The summed E-state index contributed by atoms with van der Waals surface area (Å²) in [5, 5.41) is 9.03. The second-order valence-corrected chi connectivity index (χ2v) is 6.18. The summed E-state index contributed by atoms with van der Waals surface area (Å²) in [6.07, 6.45) is 2.36. The molecule has 14 heavy (non-hydrogen) atoms. The van der Waals surface area contributed by atoms with Crippen LogP contribution in [0.1, 0.15) is 19.8 Å². The predicted octanol–water partition coefficient (Wildman–Crippen LogP) is 0.124. The van der Waals surface area contributed by atoms with Crippen molar-refractivity contribution in [1.29, 1.82) is 0 Å². The molecule has 0 aliphatic rings. The molecule has 0 aromatic heterocycles. The molecule has 1 N–H and O–H groups in total. The molecule has 0 bridgehead atoms. The van der Waals surface area contributed by atoms with E-state index in [0.717, 1.165) is 19.5 Å². The van der Waals surface area contributed by atoms with E-state index >= 15 is 0 Å². The van der Waals surface area contributed by atoms with Crippen LogP contribution in [0.3, 0.4) is 0 Å². The maximum Gasteiger partial charge on any atom is 0.147 e. The average molecular weight is 223 g/mol. The van der Waals surface area contributed by atoms with Gasteiger partial charge in [0.2, 0.25) is 0 Å². The maximum absolute atomic E-state index is 10.8. The summed E-state index contributed by atoms with van der Waals surface area (Å²) in [5.41, 5.74) is 0. The van der Waals surface area contributed by atoms with Gasteiger partial charge in [0.05, 0.1) is 11.9 Å². The number of hydrogen-bond acceptors (Lipinski definition) is 4. The van der Waals surface area contributed by atoms with Crippen molar-refractivity contribution in [2.24, 2.45) is 0 Å². The smallest absolute Gasteiger partial charge is 0.147 e. The van der Waals surface area contributed by atoms with Gasteiger partial charge in [-0.3, -0.25) is 0 Å². The fourth-order valence-electron chi connectivity index (χ4n) is 1.12. The third kappa shape index (κ3) is 9.95. The summed E-state index contributed by atoms with van der Waals surface area (Å²) in [7, 11) is -0.892. The van der Waals surface area contributed by atoms with E-state index in [4.69, 9.17) is 5.11 Å². The first-order chi connectivity index (χ1) is 6.31. The summed E-state index contributed by atoms with van der Waals surface area (Å²) < 4.78 is 21.6. The highest BCUT2D eigenvalue weighted by Gasteiger charge is 2.04. The minimum Gasteiger partial charge on any atom is -0.393 e. The Balaban J connectivity index is 3.50. The van der Waals surface area contributed by atoms with Gasteiger partial charge in [0.25, 0.3) is 0 Å². The zero-order valence-electron chi connectivity index (χ0n) is 9.23. The molecule has 0 saturated carbocycles. The van der Waals surface area contributed by atoms with Gasteiger partial charge in [-0.1, -0.05) is 0 Å². The summed E-state index contributed by atoms with van der Waals surface area (Å²) in [4.78, 5) is 2.04. The Morgan fingerprint density at radius 1 is 1.36 bits per heavy atom. The van der Waals surface area contributed by atoms with Crippen molar-refractivity contribution < 1.29 is 13.5 Å². The van der Waals surface area contributed by atoms with Gasteiger partial charge in [0.15, 0.2) is 0 Å². The SMILES string of the molecule is CC(O)CCN(C)CCCS(C)(=O)=O. The second kappa shape index (κ2) is 6.37. The quantitative estimate of drug-likeness (QED) is 0.666. The van der Waals surface area contributed by atoms with Crippen LogP contribution in [0.2, 0.25) is 0 Å². The zero-order chi connectivity index (χ0) is 11.2. The summed E-state index contributed by atoms with van der Waals surface area (Å²) >= 11 is 0. The van der Waals surface area contributed by atoms with Gasteiger partial charge in [-0.25, -0.2) is 8.42 Å². The van der Waals surface area contributed by atoms with Crippen LogP contribution >= 0.6 is 0 Å². The first-order valence-electron chi connectivity index (χ1n) is 4.85. The highest BCUT2D eigenvalue weighted by Crippen LogP contribution is 1.96. The van der Waals surface area contributed by atoms with Crippen molar-refractivity contribution in [3.8, 4) is 0 Å². The lowest BCUT2D eigenvalue weighted by Crippen LogP contribution is -2.25. The first-order valence-corrected chi connectivity index (χ1v) is 6.91. The molecule has 0 spiro atoms. The Bertz CT molecular complexity index is 236. The van der Waals surface area contributed by atoms with Gasteiger partial charge < -0.3 is 10.0 Å². The van der Waals surface area contributed by atoms with E-state index < -0.39 is 9.84 Å². The van der Waals surface area contributed by atoms with Gasteiger partial charge >= 0.3 is 0 Å². The topological polar surface area (TPSA) is 57.6 Å². The van der Waals surface area contributed by atoms with E-state index in [1.165, 1.54) is 6.26 Å². The van der Waals surface area contributed by atoms with Crippen LogP contribution in [0.25, 0.3) is 0 Å². The second-order valence-electron chi connectivity index (χ2n) is 3.92. The van der Waals surface area contributed by atoms with Crippen molar-refractivity contribution in [1.82, 2.24) is 4.90 Å². The molecule has 0 aromatic carbocycles. The van der Waals surface area contributed by atoms with Crippen LogP contribution in [0.15, 0.2) is 0 Å². The summed E-state index contributed by atoms with van der Waals surface area (Å²) in [6.45, 7) is 3.32. The number of hydrogen-bond donors (Lipinski definition) is 1. The highest BCUT2D eigenvalue weighted by atomic mass is 32.2. The Labute approximate surface area is 86.8 Å². The molecule has 86 valence electrons. The lowest BCUT2D eigenvalue weighted by Gasteiger charge is -2.16. The van der Waals surface area contributed by atoms with E-state index in [1.807, 2.05) is 11.9 Å². The Hall–Kier alpha value is -0.130. The summed E-state index contributed by atoms with van der Waals surface area (Å²) in [6, 6.07) is 0. The first kappa shape index (κ1) is 13.9. The number of aliphatic hydroxyl groups excluding tert-OH is 1. The Morgan fingerprint density at radius 3 is 2.36 bits per heavy atom. The van der Waals surface area contributed by atoms with Gasteiger partial charge in [0.1, 0.15) is 9.84 Å². The summed E-state index contributed by atoms with van der Waals surface area (Å²) in [5.74, 6) is 0.242. The molecule has 0 amide bonds. The van der Waals surface area contributed by atoms with Crippen LogP contribution in [0, 0.1) is 0 Å². The van der Waals surface area contributed by atoms with Crippen molar-refractivity contribution in [3.63, 3.8) is 0 Å². The third-order valence-corrected chi connectivity index (χ3v) is 3.01. The monoisotopic (exact) mass is 223 g/mol. The van der Waals surface area contributed by atoms with Crippen molar-refractivity contribution in [3.05, 3.63) is 0 Å². The number of rotatable bonds is 7. The molecule has 5 heteroatoms.